The normalized spacial score (nSPS) is 16.2. The summed E-state index contributed by atoms with van der Waals surface area (Å²) in [7, 11) is 3.12. The number of ether oxygens (including phenoxy) is 2. The molecule has 2 heterocycles. The van der Waals surface area contributed by atoms with Crippen molar-refractivity contribution in [3.63, 3.8) is 0 Å². The first kappa shape index (κ1) is 18.5. The van der Waals surface area contributed by atoms with Gasteiger partial charge in [0.05, 0.1) is 23.4 Å². The fourth-order valence-corrected chi connectivity index (χ4v) is 4.48. The second-order valence-corrected chi connectivity index (χ2v) is 7.53. The smallest absolute Gasteiger partial charge is 0.262 e. The van der Waals surface area contributed by atoms with E-state index in [2.05, 4.69) is 21.4 Å². The maximum atomic E-state index is 12.9. The molecule has 0 aromatic carbocycles. The molecule has 26 heavy (non-hydrogen) atoms. The second kappa shape index (κ2) is 7.56. The molecule has 0 spiro atoms. The minimum Gasteiger partial charge on any atom is -0.480 e. The van der Waals surface area contributed by atoms with Crippen molar-refractivity contribution in [1.29, 1.82) is 5.26 Å². The maximum absolute atomic E-state index is 12.9. The average molecular weight is 374 g/mol. The van der Waals surface area contributed by atoms with Crippen LogP contribution in [0, 0.1) is 18.3 Å². The molecule has 3 rings (SSSR count). The topological polar surface area (TPSA) is 97.1 Å². The largest absolute Gasteiger partial charge is 0.480 e. The van der Waals surface area contributed by atoms with E-state index in [4.69, 9.17) is 9.47 Å². The van der Waals surface area contributed by atoms with Gasteiger partial charge < -0.3 is 14.8 Å². The molecule has 7 nitrogen and oxygen atoms in total. The van der Waals surface area contributed by atoms with Crippen LogP contribution in [0.1, 0.15) is 53.2 Å². The highest BCUT2D eigenvalue weighted by Crippen LogP contribution is 2.36. The van der Waals surface area contributed by atoms with Gasteiger partial charge in [-0.15, -0.1) is 11.3 Å². The van der Waals surface area contributed by atoms with E-state index < -0.39 is 5.54 Å². The molecular formula is C18H22N4O3S. The van der Waals surface area contributed by atoms with Gasteiger partial charge in [-0.25, -0.2) is 4.98 Å². The van der Waals surface area contributed by atoms with E-state index in [1.807, 2.05) is 6.92 Å². The number of carbonyl (C=O) groups is 1. The van der Waals surface area contributed by atoms with Crippen molar-refractivity contribution in [3.05, 3.63) is 16.3 Å². The zero-order valence-corrected chi connectivity index (χ0v) is 16.0. The van der Waals surface area contributed by atoms with E-state index in [-0.39, 0.29) is 12.5 Å². The Hall–Kier alpha value is -2.24. The summed E-state index contributed by atoms with van der Waals surface area (Å²) in [6.07, 6.45) is 4.41. The van der Waals surface area contributed by atoms with Crippen molar-refractivity contribution in [2.24, 2.45) is 0 Å². The summed E-state index contributed by atoms with van der Waals surface area (Å²) in [6.45, 7) is 2.12. The highest BCUT2D eigenvalue weighted by molar-refractivity contribution is 7.20. The SMILES string of the molecule is COCc1nc(OC)c2c(C)c(C(=O)NC3(C#N)CCCCC3)sc2n1. The van der Waals surface area contributed by atoms with E-state index in [0.717, 1.165) is 30.2 Å². The number of nitrogens with zero attached hydrogens (tertiary/aromatic N) is 3. The van der Waals surface area contributed by atoms with Crippen LogP contribution in [-0.4, -0.2) is 35.6 Å². The number of methoxy groups -OCH3 is 2. The van der Waals surface area contributed by atoms with E-state index in [1.165, 1.54) is 11.3 Å². The number of nitrogens with one attached hydrogen (secondary N) is 1. The zero-order chi connectivity index (χ0) is 18.7. The number of aromatic nitrogens is 2. The van der Waals surface area contributed by atoms with E-state index in [0.29, 0.717) is 34.3 Å². The molecule has 1 saturated carbocycles. The first-order valence-electron chi connectivity index (χ1n) is 8.60. The lowest BCUT2D eigenvalue weighted by Crippen LogP contribution is -2.48. The standard InChI is InChI=1S/C18H22N4O3S/c1-11-13-16(25-3)20-12(9-24-2)21-17(13)26-14(11)15(23)22-18(10-19)7-5-4-6-8-18/h4-9H2,1-3H3,(H,22,23). The van der Waals surface area contributed by atoms with Crippen LogP contribution < -0.4 is 10.1 Å². The lowest BCUT2D eigenvalue weighted by Gasteiger charge is -2.31. The third kappa shape index (κ3) is 3.37. The number of rotatable bonds is 5. The molecule has 1 aliphatic carbocycles. The minimum atomic E-state index is -0.769. The van der Waals surface area contributed by atoms with Gasteiger partial charge in [0.2, 0.25) is 5.88 Å². The Morgan fingerprint density at radius 3 is 2.65 bits per heavy atom. The van der Waals surface area contributed by atoms with Crippen molar-refractivity contribution in [3.8, 4) is 11.9 Å². The van der Waals surface area contributed by atoms with Crippen molar-refractivity contribution in [2.75, 3.05) is 14.2 Å². The fourth-order valence-electron chi connectivity index (χ4n) is 3.40. The highest BCUT2D eigenvalue weighted by Gasteiger charge is 2.35. The molecule has 2 aromatic heterocycles. The molecule has 0 radical (unpaired) electrons. The number of hydrogen-bond acceptors (Lipinski definition) is 7. The molecule has 1 fully saturated rings. The Morgan fingerprint density at radius 2 is 2.04 bits per heavy atom. The fraction of sp³-hybridized carbons (Fsp3) is 0.556. The molecule has 1 aliphatic rings. The quantitative estimate of drug-likeness (QED) is 0.864. The number of thiophene rings is 1. The number of fused-ring (bicyclic) bond motifs is 1. The number of nitriles is 1. The van der Waals surface area contributed by atoms with Gasteiger partial charge in [0.15, 0.2) is 5.82 Å². The van der Waals surface area contributed by atoms with E-state index >= 15 is 0 Å². The summed E-state index contributed by atoms with van der Waals surface area (Å²) >= 11 is 1.29. The van der Waals surface area contributed by atoms with Gasteiger partial charge in [0, 0.05) is 7.11 Å². The Kier molecular flexibility index (Phi) is 5.39. The van der Waals surface area contributed by atoms with Crippen LogP contribution in [0.15, 0.2) is 0 Å². The van der Waals surface area contributed by atoms with Crippen LogP contribution in [-0.2, 0) is 11.3 Å². The Bertz CT molecular complexity index is 865. The average Bonchev–Trinajstić information content (AvgIpc) is 2.99. The summed E-state index contributed by atoms with van der Waals surface area (Å²) in [6, 6.07) is 2.32. The summed E-state index contributed by atoms with van der Waals surface area (Å²) in [5, 5.41) is 13.3. The molecule has 138 valence electrons. The zero-order valence-electron chi connectivity index (χ0n) is 15.2. The van der Waals surface area contributed by atoms with Crippen LogP contribution in [0.2, 0.25) is 0 Å². The lowest BCUT2D eigenvalue weighted by atomic mass is 9.83. The summed E-state index contributed by atoms with van der Waals surface area (Å²) in [5.74, 6) is 0.706. The molecule has 0 saturated heterocycles. The summed E-state index contributed by atoms with van der Waals surface area (Å²) < 4.78 is 10.5. The van der Waals surface area contributed by atoms with Crippen molar-refractivity contribution in [2.45, 2.75) is 51.2 Å². The van der Waals surface area contributed by atoms with Gasteiger partial charge in [0.1, 0.15) is 17.0 Å². The van der Waals surface area contributed by atoms with Crippen molar-refractivity contribution >= 4 is 27.5 Å². The molecule has 1 N–H and O–H groups in total. The second-order valence-electron chi connectivity index (χ2n) is 6.53. The monoisotopic (exact) mass is 374 g/mol. The number of hydrogen-bond donors (Lipinski definition) is 1. The third-order valence-corrected chi connectivity index (χ3v) is 5.93. The van der Waals surface area contributed by atoms with Crippen LogP contribution in [0.3, 0.4) is 0 Å². The van der Waals surface area contributed by atoms with Crippen molar-refractivity contribution < 1.29 is 14.3 Å². The predicted octanol–water partition coefficient (Wildman–Crippen LogP) is 3.11. The molecule has 0 aliphatic heterocycles. The first-order chi connectivity index (χ1) is 12.5. The van der Waals surface area contributed by atoms with Crippen molar-refractivity contribution in [1.82, 2.24) is 15.3 Å². The van der Waals surface area contributed by atoms with Gasteiger partial charge in [-0.3, -0.25) is 4.79 Å². The molecule has 0 atom stereocenters. The molecule has 0 bridgehead atoms. The van der Waals surface area contributed by atoms with Gasteiger partial charge in [-0.2, -0.15) is 10.2 Å². The molecule has 2 aromatic rings. The van der Waals surface area contributed by atoms with Crippen LogP contribution in [0.25, 0.3) is 10.2 Å². The predicted molar refractivity (Wildman–Crippen MR) is 98.3 cm³/mol. The third-order valence-electron chi connectivity index (χ3n) is 4.75. The summed E-state index contributed by atoms with van der Waals surface area (Å²) in [4.78, 5) is 23.0. The molecule has 0 unspecified atom stereocenters. The Balaban J connectivity index is 1.98. The number of aryl methyl sites for hydroxylation is 1. The highest BCUT2D eigenvalue weighted by atomic mass is 32.1. The van der Waals surface area contributed by atoms with E-state index in [9.17, 15) is 10.1 Å². The molecule has 1 amide bonds. The van der Waals surface area contributed by atoms with Gasteiger partial charge in [-0.05, 0) is 25.3 Å². The first-order valence-corrected chi connectivity index (χ1v) is 9.42. The summed E-state index contributed by atoms with van der Waals surface area (Å²) in [5.41, 5.74) is 0.00165. The van der Waals surface area contributed by atoms with Gasteiger partial charge >= 0.3 is 0 Å². The molecule has 8 heteroatoms. The van der Waals surface area contributed by atoms with Gasteiger partial charge in [0.25, 0.3) is 5.91 Å². The Morgan fingerprint density at radius 1 is 1.31 bits per heavy atom. The number of amides is 1. The molecular weight excluding hydrogens is 352 g/mol. The minimum absolute atomic E-state index is 0.232. The van der Waals surface area contributed by atoms with Crippen LogP contribution in [0.4, 0.5) is 0 Å². The lowest BCUT2D eigenvalue weighted by molar-refractivity contribution is 0.0906. The van der Waals surface area contributed by atoms with Crippen LogP contribution in [0.5, 0.6) is 5.88 Å². The maximum Gasteiger partial charge on any atom is 0.262 e. The van der Waals surface area contributed by atoms with Gasteiger partial charge in [-0.1, -0.05) is 19.3 Å². The van der Waals surface area contributed by atoms with Crippen LogP contribution >= 0.6 is 11.3 Å². The Labute approximate surface area is 156 Å². The number of carbonyl (C=O) groups excluding carboxylic acids is 1. The van der Waals surface area contributed by atoms with E-state index in [1.54, 1.807) is 14.2 Å².